The molecule has 2 aromatic rings. The van der Waals surface area contributed by atoms with Crippen molar-refractivity contribution in [1.29, 1.82) is 0 Å². The fraction of sp³-hybridized carbons (Fsp3) is 0.320. The molecular weight excluding hydrogens is 392 g/mol. The predicted molar refractivity (Wildman–Crippen MR) is 122 cm³/mol. The average Bonchev–Trinajstić information content (AvgIpc) is 3.19. The van der Waals surface area contributed by atoms with Crippen LogP contribution in [0.3, 0.4) is 0 Å². The van der Waals surface area contributed by atoms with E-state index >= 15 is 0 Å². The van der Waals surface area contributed by atoms with E-state index in [0.717, 1.165) is 39.5 Å². The molecule has 3 rings (SSSR count). The summed E-state index contributed by atoms with van der Waals surface area (Å²) in [6.07, 6.45) is 8.27. The van der Waals surface area contributed by atoms with Crippen LogP contribution in [-0.4, -0.2) is 53.2 Å². The molecule has 0 aliphatic carbocycles. The number of H-pyrrole nitrogens is 1. The molecule has 0 spiro atoms. The lowest BCUT2D eigenvalue weighted by Gasteiger charge is -2.32. The smallest absolute Gasteiger partial charge is 0.249 e. The van der Waals surface area contributed by atoms with Crippen LogP contribution >= 0.6 is 0 Å². The van der Waals surface area contributed by atoms with E-state index < -0.39 is 5.78 Å². The van der Waals surface area contributed by atoms with Crippen LogP contribution in [0, 0.1) is 5.92 Å². The fourth-order valence-electron chi connectivity index (χ4n) is 3.72. The molecule has 6 nitrogen and oxygen atoms in total. The van der Waals surface area contributed by atoms with Crippen molar-refractivity contribution < 1.29 is 19.5 Å². The Balaban J connectivity index is 0.00000166. The number of Topliss-reactive ketones (excluding diaryl/α,β-unsaturated/α-hetero) is 1. The predicted octanol–water partition coefficient (Wildman–Crippen LogP) is 1.62. The topological polar surface area (TPSA) is 90.5 Å². The van der Waals surface area contributed by atoms with Crippen LogP contribution in [0.15, 0.2) is 48.2 Å². The molecule has 1 saturated heterocycles. The van der Waals surface area contributed by atoms with E-state index in [1.807, 2.05) is 11.0 Å². The monoisotopic (exact) mass is 422 g/mol. The van der Waals surface area contributed by atoms with Gasteiger partial charge in [0, 0.05) is 42.5 Å². The molecule has 31 heavy (non-hydrogen) atoms. The van der Waals surface area contributed by atoms with Gasteiger partial charge in [0.25, 0.3) is 0 Å². The number of carbonyl (C=O) groups excluding carboxylic acids is 3. The number of nitrogens with zero attached hydrogens (tertiary/aromatic N) is 1. The largest absolute Gasteiger partial charge is 0.400 e. The van der Waals surface area contributed by atoms with Crippen molar-refractivity contribution >= 4 is 30.6 Å². The number of likely N-dealkylation sites (tertiary alicyclic amines) is 1. The van der Waals surface area contributed by atoms with E-state index in [2.05, 4.69) is 35.8 Å². The van der Waals surface area contributed by atoms with Gasteiger partial charge in [-0.25, -0.2) is 0 Å². The number of aromatic nitrogens is 1. The molecule has 0 unspecified atom stereocenters. The number of hydrogen-bond acceptors (Lipinski definition) is 4. The van der Waals surface area contributed by atoms with Crippen molar-refractivity contribution in [2.75, 3.05) is 20.2 Å². The maximum atomic E-state index is 12.7. The second kappa shape index (κ2) is 11.8. The van der Waals surface area contributed by atoms with Crippen LogP contribution in [0.4, 0.5) is 0 Å². The number of aliphatic hydroxyl groups excluding tert-OH is 1. The van der Waals surface area contributed by atoms with Crippen LogP contribution < -0.4 is 10.6 Å². The zero-order chi connectivity index (χ0) is 22.8. The fourth-order valence-corrected chi connectivity index (χ4v) is 3.72. The van der Waals surface area contributed by atoms with Crippen LogP contribution in [0.2, 0.25) is 0 Å². The lowest BCUT2D eigenvalue weighted by atomic mass is 9.90. The third-order valence-corrected chi connectivity index (χ3v) is 5.50. The van der Waals surface area contributed by atoms with Crippen LogP contribution in [0.1, 0.15) is 35.7 Å². The summed E-state index contributed by atoms with van der Waals surface area (Å²) < 4.78 is 0. The van der Waals surface area contributed by atoms with Gasteiger partial charge in [-0.15, -0.1) is 0 Å². The summed E-state index contributed by atoms with van der Waals surface area (Å²) in [5.41, 5.74) is 2.23. The van der Waals surface area contributed by atoms with Gasteiger partial charge >= 0.3 is 0 Å². The summed E-state index contributed by atoms with van der Waals surface area (Å²) in [5, 5.41) is 8.07. The first-order valence-electron chi connectivity index (χ1n) is 10.3. The number of nitrogens with one attached hydrogen (secondary N) is 1. The highest BCUT2D eigenvalue weighted by molar-refractivity contribution is 6.33. The Morgan fingerprint density at radius 1 is 1.19 bits per heavy atom. The molecule has 164 valence electrons. The summed E-state index contributed by atoms with van der Waals surface area (Å²) in [6, 6.07) is 10.5. The van der Waals surface area contributed by atoms with Crippen molar-refractivity contribution in [3.05, 3.63) is 69.9 Å². The number of piperidine rings is 1. The summed E-state index contributed by atoms with van der Waals surface area (Å²) in [6.45, 7) is 7.16. The van der Waals surface area contributed by atoms with Crippen LogP contribution in [0.5, 0.6) is 0 Å². The summed E-state index contributed by atoms with van der Waals surface area (Å²) in [4.78, 5) is 39.8. The molecule has 0 bridgehead atoms. The first kappa shape index (κ1) is 24.0. The maximum Gasteiger partial charge on any atom is 0.249 e. The van der Waals surface area contributed by atoms with Gasteiger partial charge in [-0.05, 0) is 43.7 Å². The zero-order valence-corrected chi connectivity index (χ0v) is 18.1. The van der Waals surface area contributed by atoms with Gasteiger partial charge in [0.05, 0.1) is 5.56 Å². The molecule has 1 amide bonds. The molecule has 0 radical (unpaired) electrons. The Morgan fingerprint density at radius 3 is 2.45 bits per heavy atom. The molecular formula is C25H30N2O4. The van der Waals surface area contributed by atoms with Gasteiger partial charge in [0.1, 0.15) is 0 Å². The summed E-state index contributed by atoms with van der Waals surface area (Å²) in [7, 11) is 1.00. The van der Waals surface area contributed by atoms with E-state index in [9.17, 15) is 14.4 Å². The highest BCUT2D eigenvalue weighted by Gasteiger charge is 2.23. The summed E-state index contributed by atoms with van der Waals surface area (Å²) in [5.74, 6) is 0.0283. The summed E-state index contributed by atoms with van der Waals surface area (Å²) >= 11 is 0. The second-order valence-electron chi connectivity index (χ2n) is 7.52. The van der Waals surface area contributed by atoms with Crippen LogP contribution in [0.25, 0.3) is 12.7 Å². The molecule has 2 N–H and O–H groups in total. The van der Waals surface area contributed by atoms with Crippen LogP contribution in [-0.2, 0) is 16.0 Å². The number of ketones is 1. The Bertz CT molecular complexity index is 1030. The Kier molecular flexibility index (Phi) is 9.15. The maximum absolute atomic E-state index is 12.7. The number of aromatic amines is 1. The first-order chi connectivity index (χ1) is 15.0. The average molecular weight is 423 g/mol. The molecule has 6 heteroatoms. The molecule has 1 fully saturated rings. The molecule has 0 saturated carbocycles. The SMILES string of the molecule is C=c1c(C(=O)C=O)c[nH]/c1=C/C=C(\C)C(=O)N1CCC(Cc2ccccc2)CC1.CO. The number of hydrogen-bond donors (Lipinski definition) is 2. The number of benzene rings is 1. The van der Waals surface area contributed by atoms with E-state index in [4.69, 9.17) is 5.11 Å². The van der Waals surface area contributed by atoms with Crippen molar-refractivity contribution in [2.24, 2.45) is 5.92 Å². The van der Waals surface area contributed by atoms with Crippen molar-refractivity contribution in [3.8, 4) is 0 Å². The second-order valence-corrected chi connectivity index (χ2v) is 7.52. The zero-order valence-electron chi connectivity index (χ0n) is 18.1. The lowest BCUT2D eigenvalue weighted by molar-refractivity contribution is -0.128. The van der Waals surface area contributed by atoms with Crippen molar-refractivity contribution in [1.82, 2.24) is 9.88 Å². The minimum absolute atomic E-state index is 0.0285. The van der Waals surface area contributed by atoms with Crippen molar-refractivity contribution in [2.45, 2.75) is 26.2 Å². The van der Waals surface area contributed by atoms with Gasteiger partial charge in [-0.1, -0.05) is 43.0 Å². The first-order valence-corrected chi connectivity index (χ1v) is 10.3. The highest BCUT2D eigenvalue weighted by atomic mass is 16.2. The lowest BCUT2D eigenvalue weighted by Crippen LogP contribution is -2.39. The van der Waals surface area contributed by atoms with Gasteiger partial charge in [0.2, 0.25) is 11.7 Å². The highest BCUT2D eigenvalue weighted by Crippen LogP contribution is 2.22. The third kappa shape index (κ3) is 6.36. The van der Waals surface area contributed by atoms with Gasteiger partial charge in [0.15, 0.2) is 6.29 Å². The normalized spacial score (nSPS) is 15.3. The Hall–Kier alpha value is -3.25. The molecule has 1 aromatic heterocycles. The molecule has 1 aliphatic heterocycles. The Morgan fingerprint density at radius 2 is 1.84 bits per heavy atom. The minimum Gasteiger partial charge on any atom is -0.400 e. The number of amides is 1. The van der Waals surface area contributed by atoms with E-state index in [0.29, 0.717) is 22.1 Å². The molecule has 2 heterocycles. The number of aldehydes is 1. The van der Waals surface area contributed by atoms with E-state index in [-0.39, 0.29) is 17.8 Å². The quantitative estimate of drug-likeness (QED) is 0.320. The van der Waals surface area contributed by atoms with Gasteiger partial charge in [-0.3, -0.25) is 14.4 Å². The molecule has 0 atom stereocenters. The minimum atomic E-state index is -0.610. The number of carbonyl (C=O) groups is 3. The number of rotatable bonds is 6. The Labute approximate surface area is 182 Å². The number of aliphatic hydroxyl groups is 1. The standard InChI is InChI=1S/C24H26N2O3.CH4O/c1-17(8-9-22-18(2)21(15-25-22)23(28)16-27)24(29)26-12-10-20(11-13-26)14-19-6-4-3-5-7-19;1-2/h3-9,15-16,20,25H,2,10-14H2,1H3;2H,1H3/b17-8+,22-9+;. The molecule has 1 aromatic carbocycles. The molecule has 1 aliphatic rings. The third-order valence-electron chi connectivity index (χ3n) is 5.50. The number of allylic oxidation sites excluding steroid dienone is 1. The van der Waals surface area contributed by atoms with E-state index in [1.165, 1.54) is 11.8 Å². The van der Waals surface area contributed by atoms with Gasteiger partial charge in [-0.2, -0.15) is 0 Å². The van der Waals surface area contributed by atoms with Gasteiger partial charge < -0.3 is 15.0 Å². The van der Waals surface area contributed by atoms with Crippen molar-refractivity contribution in [3.63, 3.8) is 0 Å². The van der Waals surface area contributed by atoms with E-state index in [1.54, 1.807) is 19.1 Å².